The molecule has 1 aromatic heterocycles. The van der Waals surface area contributed by atoms with Crippen LogP contribution in [0.3, 0.4) is 0 Å². The molecule has 3 aromatic carbocycles. The molecule has 1 heterocycles. The van der Waals surface area contributed by atoms with Gasteiger partial charge in [-0.3, -0.25) is 0 Å². The Hall–Kier alpha value is -2.93. The van der Waals surface area contributed by atoms with E-state index in [4.69, 9.17) is 4.42 Å². The van der Waals surface area contributed by atoms with Crippen molar-refractivity contribution in [3.05, 3.63) is 91.2 Å². The maximum atomic E-state index is 5.57. The van der Waals surface area contributed by atoms with Gasteiger partial charge >= 0.3 is 11.8 Å². The number of fused-ring (bicyclic) bond motifs is 1. The van der Waals surface area contributed by atoms with Gasteiger partial charge in [-0.25, -0.2) is 4.42 Å². The van der Waals surface area contributed by atoms with Crippen molar-refractivity contribution in [3.8, 4) is 22.3 Å². The highest BCUT2D eigenvalue weighted by atomic mass is 16.3. The van der Waals surface area contributed by atoms with E-state index in [0.29, 0.717) is 0 Å². The topological polar surface area (TPSA) is 11.3 Å². The first-order valence-electron chi connectivity index (χ1n) is 7.37. The molecule has 0 amide bonds. The predicted molar refractivity (Wildman–Crippen MR) is 91.5 cm³/mol. The standard InChI is InChI=1S/C21H15O/c1-2-6-16(7-3-1)17-11-13-18(14-12-17)19-8-4-10-21-20(19)9-5-15-22-21/h1-15H/q+1. The predicted octanol–water partition coefficient (Wildman–Crippen LogP) is 6.05. The molecule has 0 unspecified atom stereocenters. The van der Waals surface area contributed by atoms with E-state index in [1.807, 2.05) is 24.3 Å². The fraction of sp³-hybridized carbons (Fsp3) is 0. The number of hydrogen-bond donors (Lipinski definition) is 0. The minimum absolute atomic E-state index is 0.909. The zero-order valence-electron chi connectivity index (χ0n) is 12.1. The van der Waals surface area contributed by atoms with Crippen LogP contribution in [0.5, 0.6) is 0 Å². The molecule has 0 saturated heterocycles. The van der Waals surface area contributed by atoms with Gasteiger partial charge in [0.25, 0.3) is 0 Å². The van der Waals surface area contributed by atoms with Crippen molar-refractivity contribution >= 4 is 11.0 Å². The van der Waals surface area contributed by atoms with Crippen LogP contribution in [0.1, 0.15) is 0 Å². The van der Waals surface area contributed by atoms with Crippen molar-refractivity contribution in [1.29, 1.82) is 0 Å². The van der Waals surface area contributed by atoms with Gasteiger partial charge in [0.1, 0.15) is 0 Å². The highest BCUT2D eigenvalue weighted by Crippen LogP contribution is 2.30. The normalized spacial score (nSPS) is 10.7. The molecule has 4 aromatic rings. The van der Waals surface area contributed by atoms with Crippen molar-refractivity contribution in [2.75, 3.05) is 0 Å². The molecule has 0 N–H and O–H groups in total. The molecule has 0 aliphatic rings. The SMILES string of the molecule is c1ccc(-c2ccc(-c3cccc4[o+]cccc34)cc2)cc1. The molecule has 0 radical (unpaired) electrons. The summed E-state index contributed by atoms with van der Waals surface area (Å²) in [6.07, 6.45) is 1.71. The number of rotatable bonds is 2. The third kappa shape index (κ3) is 2.27. The Morgan fingerprint density at radius 1 is 0.500 bits per heavy atom. The summed E-state index contributed by atoms with van der Waals surface area (Å²) in [5, 5.41) is 1.14. The second-order valence-corrected chi connectivity index (χ2v) is 5.27. The van der Waals surface area contributed by atoms with Gasteiger partial charge in [-0.05, 0) is 28.3 Å². The Kier molecular flexibility index (Phi) is 3.17. The summed E-state index contributed by atoms with van der Waals surface area (Å²) in [6.45, 7) is 0. The summed E-state index contributed by atoms with van der Waals surface area (Å²) in [5.41, 5.74) is 5.77. The summed E-state index contributed by atoms with van der Waals surface area (Å²) in [6, 6.07) is 29.3. The lowest BCUT2D eigenvalue weighted by molar-refractivity contribution is 0.604. The van der Waals surface area contributed by atoms with Gasteiger partial charge in [0.2, 0.25) is 0 Å². The fourth-order valence-electron chi connectivity index (χ4n) is 2.79. The summed E-state index contributed by atoms with van der Waals surface area (Å²) in [4.78, 5) is 0. The van der Waals surface area contributed by atoms with Crippen molar-refractivity contribution in [2.24, 2.45) is 0 Å². The fourth-order valence-corrected chi connectivity index (χ4v) is 2.79. The Morgan fingerprint density at radius 3 is 2.05 bits per heavy atom. The van der Waals surface area contributed by atoms with Gasteiger partial charge in [0.05, 0.1) is 5.39 Å². The summed E-state index contributed by atoms with van der Waals surface area (Å²) >= 11 is 0. The third-order valence-corrected chi connectivity index (χ3v) is 3.91. The van der Waals surface area contributed by atoms with E-state index in [9.17, 15) is 0 Å². The Balaban J connectivity index is 1.80. The van der Waals surface area contributed by atoms with Gasteiger partial charge in [-0.15, -0.1) is 0 Å². The van der Waals surface area contributed by atoms with Crippen LogP contribution in [0.4, 0.5) is 0 Å². The van der Waals surface area contributed by atoms with Gasteiger partial charge in [-0.1, -0.05) is 66.7 Å². The molecule has 104 valence electrons. The van der Waals surface area contributed by atoms with Crippen LogP contribution in [0.15, 0.2) is 95.6 Å². The van der Waals surface area contributed by atoms with Crippen molar-refractivity contribution < 1.29 is 4.42 Å². The van der Waals surface area contributed by atoms with E-state index >= 15 is 0 Å². The number of hydrogen-bond acceptors (Lipinski definition) is 0. The van der Waals surface area contributed by atoms with Gasteiger partial charge in [0.15, 0.2) is 0 Å². The van der Waals surface area contributed by atoms with E-state index in [2.05, 4.69) is 60.7 Å². The highest BCUT2D eigenvalue weighted by Gasteiger charge is 2.10. The maximum Gasteiger partial charge on any atom is 0.360 e. The molecular formula is C21H15O+. The maximum absolute atomic E-state index is 5.57. The first-order chi connectivity index (χ1) is 10.9. The van der Waals surface area contributed by atoms with Gasteiger partial charge < -0.3 is 0 Å². The lowest BCUT2D eigenvalue weighted by atomic mass is 9.98. The summed E-state index contributed by atoms with van der Waals surface area (Å²) in [7, 11) is 0. The molecule has 0 saturated carbocycles. The molecular weight excluding hydrogens is 268 g/mol. The van der Waals surface area contributed by atoms with Crippen LogP contribution in [-0.4, -0.2) is 0 Å². The molecule has 0 bridgehead atoms. The molecule has 0 atom stereocenters. The van der Waals surface area contributed by atoms with E-state index in [0.717, 1.165) is 11.0 Å². The molecule has 1 heteroatoms. The third-order valence-electron chi connectivity index (χ3n) is 3.91. The lowest BCUT2D eigenvalue weighted by Crippen LogP contribution is -1.82. The first-order valence-corrected chi connectivity index (χ1v) is 7.37. The van der Waals surface area contributed by atoms with Crippen LogP contribution in [-0.2, 0) is 0 Å². The van der Waals surface area contributed by atoms with Crippen LogP contribution >= 0.6 is 0 Å². The van der Waals surface area contributed by atoms with Crippen molar-refractivity contribution in [2.45, 2.75) is 0 Å². The second kappa shape index (κ2) is 5.45. The largest absolute Gasteiger partial charge is 0.360 e. The molecule has 22 heavy (non-hydrogen) atoms. The molecule has 0 spiro atoms. The molecule has 1 nitrogen and oxygen atoms in total. The second-order valence-electron chi connectivity index (χ2n) is 5.27. The molecule has 4 rings (SSSR count). The average molecular weight is 283 g/mol. The Morgan fingerprint density at radius 2 is 1.23 bits per heavy atom. The lowest BCUT2D eigenvalue weighted by Gasteiger charge is -2.05. The van der Waals surface area contributed by atoms with Crippen molar-refractivity contribution in [3.63, 3.8) is 0 Å². The Labute approximate surface area is 129 Å². The van der Waals surface area contributed by atoms with Crippen LogP contribution in [0.25, 0.3) is 33.2 Å². The molecule has 0 fully saturated rings. The van der Waals surface area contributed by atoms with Gasteiger partial charge in [-0.2, -0.15) is 0 Å². The monoisotopic (exact) mass is 283 g/mol. The van der Waals surface area contributed by atoms with E-state index in [-0.39, 0.29) is 0 Å². The zero-order valence-corrected chi connectivity index (χ0v) is 12.1. The summed E-state index contributed by atoms with van der Waals surface area (Å²) in [5.74, 6) is 0. The molecule has 0 aliphatic heterocycles. The van der Waals surface area contributed by atoms with Crippen LogP contribution in [0.2, 0.25) is 0 Å². The average Bonchev–Trinajstić information content (AvgIpc) is 2.62. The highest BCUT2D eigenvalue weighted by molar-refractivity contribution is 5.93. The Bertz CT molecular complexity index is 904. The molecule has 0 aliphatic carbocycles. The number of benzene rings is 3. The smallest absolute Gasteiger partial charge is 0.216 e. The quantitative estimate of drug-likeness (QED) is 0.408. The minimum atomic E-state index is 0.909. The van der Waals surface area contributed by atoms with Crippen molar-refractivity contribution in [1.82, 2.24) is 0 Å². The van der Waals surface area contributed by atoms with Crippen LogP contribution < -0.4 is 0 Å². The first kappa shape index (κ1) is 12.8. The van der Waals surface area contributed by atoms with E-state index in [1.54, 1.807) is 6.26 Å². The minimum Gasteiger partial charge on any atom is -0.216 e. The zero-order chi connectivity index (χ0) is 14.8. The van der Waals surface area contributed by atoms with E-state index in [1.165, 1.54) is 22.3 Å². The summed E-state index contributed by atoms with van der Waals surface area (Å²) < 4.78 is 5.57. The van der Waals surface area contributed by atoms with Gasteiger partial charge in [0, 0.05) is 12.1 Å². The van der Waals surface area contributed by atoms with Crippen LogP contribution in [0, 0.1) is 0 Å². The van der Waals surface area contributed by atoms with E-state index < -0.39 is 0 Å².